The van der Waals surface area contributed by atoms with Crippen LogP contribution in [-0.4, -0.2) is 48.3 Å². The fraction of sp³-hybridized carbons (Fsp3) is 0.500. The number of ether oxygens (including phenoxy) is 1. The Kier molecular flexibility index (Phi) is 4.68. The first-order valence-corrected chi connectivity index (χ1v) is 9.45. The number of hydrogen-bond donors (Lipinski definition) is 0. The quantitative estimate of drug-likeness (QED) is 0.589. The smallest absolute Gasteiger partial charge is 0.326 e. The average molecular weight is 370 g/mol. The van der Waals surface area contributed by atoms with Gasteiger partial charge in [-0.1, -0.05) is 31.0 Å². The van der Waals surface area contributed by atoms with Gasteiger partial charge in [-0.3, -0.25) is 24.1 Å². The minimum absolute atomic E-state index is 0.276. The monoisotopic (exact) mass is 370 g/mol. The lowest BCUT2D eigenvalue weighted by atomic mass is 9.81. The van der Waals surface area contributed by atoms with E-state index in [1.54, 1.807) is 4.90 Å². The molecule has 0 spiro atoms. The summed E-state index contributed by atoms with van der Waals surface area (Å²) in [6.45, 7) is -0.243. The lowest BCUT2D eigenvalue weighted by molar-refractivity contribution is -0.154. The van der Waals surface area contributed by atoms with Gasteiger partial charge in [0.2, 0.25) is 11.8 Å². The van der Waals surface area contributed by atoms with E-state index in [0.717, 1.165) is 35.4 Å². The second kappa shape index (κ2) is 7.13. The topological polar surface area (TPSA) is 84.0 Å². The molecule has 2 atom stereocenters. The fourth-order valence-corrected chi connectivity index (χ4v) is 4.38. The maximum Gasteiger partial charge on any atom is 0.326 e. The Morgan fingerprint density at radius 2 is 1.70 bits per heavy atom. The number of likely N-dealkylation sites (tertiary alicyclic amines) is 1. The van der Waals surface area contributed by atoms with Crippen LogP contribution >= 0.6 is 0 Å². The number of nitrogens with zero attached hydrogens (tertiary/aromatic N) is 2. The first-order valence-electron chi connectivity index (χ1n) is 9.45. The van der Waals surface area contributed by atoms with Crippen molar-refractivity contribution in [2.45, 2.75) is 32.1 Å². The minimum Gasteiger partial charge on any atom is -0.454 e. The average Bonchev–Trinajstić information content (AvgIpc) is 3.22. The normalized spacial score (nSPS) is 24.0. The molecular weight excluding hydrogens is 348 g/mol. The maximum absolute atomic E-state index is 12.4. The van der Waals surface area contributed by atoms with Crippen molar-refractivity contribution in [3.8, 4) is 0 Å². The Bertz CT molecular complexity index is 781. The highest BCUT2D eigenvalue weighted by molar-refractivity contribution is 6.07. The van der Waals surface area contributed by atoms with Crippen LogP contribution in [0.2, 0.25) is 0 Å². The Hall–Kier alpha value is -2.70. The minimum atomic E-state index is -0.726. The molecule has 27 heavy (non-hydrogen) atoms. The Morgan fingerprint density at radius 3 is 2.41 bits per heavy atom. The van der Waals surface area contributed by atoms with Gasteiger partial charge in [0.1, 0.15) is 6.54 Å². The van der Waals surface area contributed by atoms with Gasteiger partial charge in [-0.15, -0.1) is 0 Å². The van der Waals surface area contributed by atoms with Gasteiger partial charge in [-0.25, -0.2) is 0 Å². The standard InChI is InChI=1S/C20H22N2O5/c23-17(21-10-9-13-5-1-4-8-16(13)21)12-27-18(24)11-22-19(25)14-6-2-3-7-15(14)20(22)26/h1,4-5,8,14-15H,2-3,6-7,9-12H2. The summed E-state index contributed by atoms with van der Waals surface area (Å²) in [6, 6.07) is 7.62. The number of carbonyl (C=O) groups excluding carboxylic acids is 4. The van der Waals surface area contributed by atoms with Gasteiger partial charge in [0.05, 0.1) is 11.8 Å². The van der Waals surface area contributed by atoms with E-state index in [1.165, 1.54) is 0 Å². The third-order valence-corrected chi connectivity index (χ3v) is 5.76. The van der Waals surface area contributed by atoms with Crippen molar-refractivity contribution in [1.82, 2.24) is 4.90 Å². The molecule has 0 radical (unpaired) electrons. The van der Waals surface area contributed by atoms with Crippen molar-refractivity contribution in [3.63, 3.8) is 0 Å². The van der Waals surface area contributed by atoms with E-state index in [0.29, 0.717) is 19.4 Å². The van der Waals surface area contributed by atoms with E-state index in [4.69, 9.17) is 4.74 Å². The zero-order valence-corrected chi connectivity index (χ0v) is 15.1. The van der Waals surface area contributed by atoms with E-state index in [-0.39, 0.29) is 29.6 Å². The highest BCUT2D eigenvalue weighted by Gasteiger charge is 2.48. The molecule has 2 heterocycles. The molecule has 1 aromatic carbocycles. The van der Waals surface area contributed by atoms with Gasteiger partial charge in [0, 0.05) is 12.2 Å². The van der Waals surface area contributed by atoms with Gasteiger partial charge in [0.25, 0.3) is 5.91 Å². The van der Waals surface area contributed by atoms with Gasteiger partial charge < -0.3 is 9.64 Å². The van der Waals surface area contributed by atoms with Crippen molar-refractivity contribution in [2.75, 3.05) is 24.6 Å². The zero-order valence-electron chi connectivity index (χ0n) is 15.1. The number of carbonyl (C=O) groups is 4. The number of benzene rings is 1. The number of anilines is 1. The molecule has 4 rings (SSSR count). The van der Waals surface area contributed by atoms with Crippen LogP contribution in [0.4, 0.5) is 5.69 Å². The van der Waals surface area contributed by atoms with Crippen molar-refractivity contribution < 1.29 is 23.9 Å². The van der Waals surface area contributed by atoms with E-state index in [9.17, 15) is 19.2 Å². The third-order valence-electron chi connectivity index (χ3n) is 5.76. The second-order valence-corrected chi connectivity index (χ2v) is 7.34. The molecule has 7 heteroatoms. The molecule has 1 saturated heterocycles. The van der Waals surface area contributed by atoms with Crippen LogP contribution in [0.15, 0.2) is 24.3 Å². The van der Waals surface area contributed by atoms with Crippen LogP contribution in [0.5, 0.6) is 0 Å². The molecule has 7 nitrogen and oxygen atoms in total. The number of amides is 3. The highest BCUT2D eigenvalue weighted by Crippen LogP contribution is 2.37. The molecule has 0 bridgehead atoms. The molecule has 2 fully saturated rings. The molecule has 142 valence electrons. The summed E-state index contributed by atoms with van der Waals surface area (Å²) < 4.78 is 5.07. The van der Waals surface area contributed by atoms with Crippen LogP contribution in [0.1, 0.15) is 31.2 Å². The van der Waals surface area contributed by atoms with Crippen LogP contribution in [-0.2, 0) is 30.3 Å². The SMILES string of the molecule is O=C(CN1C(=O)C2CCCCC2C1=O)OCC(=O)N1CCc2ccccc21. The maximum atomic E-state index is 12.4. The van der Waals surface area contributed by atoms with Gasteiger partial charge >= 0.3 is 5.97 Å². The predicted molar refractivity (Wildman–Crippen MR) is 95.6 cm³/mol. The Labute approximate surface area is 157 Å². The summed E-state index contributed by atoms with van der Waals surface area (Å²) in [4.78, 5) is 51.9. The van der Waals surface area contributed by atoms with Crippen LogP contribution in [0.25, 0.3) is 0 Å². The second-order valence-electron chi connectivity index (χ2n) is 7.34. The van der Waals surface area contributed by atoms with Crippen molar-refractivity contribution in [2.24, 2.45) is 11.8 Å². The first-order chi connectivity index (χ1) is 13.1. The van der Waals surface area contributed by atoms with Gasteiger partial charge in [-0.2, -0.15) is 0 Å². The summed E-state index contributed by atoms with van der Waals surface area (Å²) in [7, 11) is 0. The largest absolute Gasteiger partial charge is 0.454 e. The summed E-state index contributed by atoms with van der Waals surface area (Å²) in [6.07, 6.45) is 4.05. The van der Waals surface area contributed by atoms with E-state index >= 15 is 0 Å². The molecule has 0 N–H and O–H groups in total. The number of para-hydroxylation sites is 1. The number of hydrogen-bond acceptors (Lipinski definition) is 5. The molecule has 3 amide bonds. The number of fused-ring (bicyclic) bond motifs is 2. The first kappa shape index (κ1) is 17.7. The number of esters is 1. The molecule has 2 unspecified atom stereocenters. The van der Waals surface area contributed by atoms with Gasteiger partial charge in [0.15, 0.2) is 6.61 Å². The lowest BCUT2D eigenvalue weighted by Crippen LogP contribution is -2.38. The molecule has 1 aliphatic carbocycles. The molecule has 0 aromatic heterocycles. The van der Waals surface area contributed by atoms with E-state index in [1.807, 2.05) is 24.3 Å². The molecule has 1 saturated carbocycles. The third kappa shape index (κ3) is 3.22. The van der Waals surface area contributed by atoms with Crippen molar-refractivity contribution in [1.29, 1.82) is 0 Å². The molecule has 2 aliphatic heterocycles. The lowest BCUT2D eigenvalue weighted by Gasteiger charge is -2.19. The highest BCUT2D eigenvalue weighted by atomic mass is 16.5. The van der Waals surface area contributed by atoms with Gasteiger partial charge in [-0.05, 0) is 30.9 Å². The number of imide groups is 1. The fourth-order valence-electron chi connectivity index (χ4n) is 4.38. The summed E-state index contributed by atoms with van der Waals surface area (Å²) in [5.74, 6) is -2.16. The van der Waals surface area contributed by atoms with Crippen LogP contribution < -0.4 is 4.90 Å². The predicted octanol–water partition coefficient (Wildman–Crippen LogP) is 1.29. The Morgan fingerprint density at radius 1 is 1.04 bits per heavy atom. The molecule has 3 aliphatic rings. The van der Waals surface area contributed by atoms with E-state index < -0.39 is 19.1 Å². The number of rotatable bonds is 4. The Balaban J connectivity index is 1.32. The van der Waals surface area contributed by atoms with Crippen LogP contribution in [0.3, 0.4) is 0 Å². The summed E-state index contributed by atoms with van der Waals surface area (Å²) in [5, 5.41) is 0. The summed E-state index contributed by atoms with van der Waals surface area (Å²) >= 11 is 0. The molecule has 1 aromatic rings. The summed E-state index contributed by atoms with van der Waals surface area (Å²) in [5.41, 5.74) is 1.93. The van der Waals surface area contributed by atoms with Crippen LogP contribution in [0, 0.1) is 11.8 Å². The van der Waals surface area contributed by atoms with Crippen molar-refractivity contribution in [3.05, 3.63) is 29.8 Å². The zero-order chi connectivity index (χ0) is 19.0. The van der Waals surface area contributed by atoms with E-state index in [2.05, 4.69) is 0 Å². The molecular formula is C20H22N2O5. The van der Waals surface area contributed by atoms with Crippen molar-refractivity contribution >= 4 is 29.4 Å².